The molecule has 0 aliphatic carbocycles. The second-order valence-corrected chi connectivity index (χ2v) is 9.42. The Labute approximate surface area is 218 Å². The Kier molecular flexibility index (Phi) is 5.26. The standard InChI is InChI=1S/C33H23N3O2/c37-33(32-18-29-27-10-4-3-8-24(27)15-16-31(29)38-32)35-34-19-26-21-36(30-12-6-5-11-28(26)30)20-22-13-14-23-7-1-2-9-25(23)17-22/h1-19,21H,20H2,(H,35,37)/b34-19-. The summed E-state index contributed by atoms with van der Waals surface area (Å²) in [4.78, 5) is 12.8. The first kappa shape index (κ1) is 22.1. The number of rotatable bonds is 5. The Balaban J connectivity index is 1.15. The van der Waals surface area contributed by atoms with Crippen molar-refractivity contribution in [3.8, 4) is 0 Å². The summed E-state index contributed by atoms with van der Waals surface area (Å²) in [5.41, 5.74) is 6.56. The Morgan fingerprint density at radius 1 is 0.763 bits per heavy atom. The van der Waals surface area contributed by atoms with Gasteiger partial charge in [0.25, 0.3) is 0 Å². The summed E-state index contributed by atoms with van der Waals surface area (Å²) in [6, 6.07) is 36.9. The number of benzene rings is 5. The van der Waals surface area contributed by atoms with E-state index in [1.165, 1.54) is 16.3 Å². The van der Waals surface area contributed by atoms with Gasteiger partial charge in [-0.1, -0.05) is 84.9 Å². The lowest BCUT2D eigenvalue weighted by Crippen LogP contribution is -2.16. The first-order chi connectivity index (χ1) is 18.7. The van der Waals surface area contributed by atoms with Crippen molar-refractivity contribution in [1.82, 2.24) is 9.99 Å². The van der Waals surface area contributed by atoms with Crippen LogP contribution in [0.5, 0.6) is 0 Å². The summed E-state index contributed by atoms with van der Waals surface area (Å²) in [5.74, 6) is -0.159. The van der Waals surface area contributed by atoms with E-state index in [1.807, 2.05) is 48.5 Å². The molecule has 0 saturated carbocycles. The highest BCUT2D eigenvalue weighted by atomic mass is 16.3. The number of nitrogens with zero attached hydrogens (tertiary/aromatic N) is 2. The van der Waals surface area contributed by atoms with Crippen LogP contribution in [0.1, 0.15) is 21.7 Å². The minimum Gasteiger partial charge on any atom is -0.451 e. The smallest absolute Gasteiger partial charge is 0.307 e. The van der Waals surface area contributed by atoms with Gasteiger partial charge in [-0.25, -0.2) is 5.43 Å². The first-order valence-corrected chi connectivity index (χ1v) is 12.5. The number of amides is 1. The fourth-order valence-corrected chi connectivity index (χ4v) is 5.16. The maximum absolute atomic E-state index is 12.8. The number of para-hydroxylation sites is 1. The van der Waals surface area contributed by atoms with Crippen molar-refractivity contribution in [3.63, 3.8) is 0 Å². The van der Waals surface area contributed by atoms with Gasteiger partial charge in [0.1, 0.15) is 5.58 Å². The molecule has 1 amide bonds. The van der Waals surface area contributed by atoms with Crippen LogP contribution in [-0.4, -0.2) is 16.7 Å². The lowest BCUT2D eigenvalue weighted by molar-refractivity contribution is 0.0929. The molecule has 2 aromatic heterocycles. The van der Waals surface area contributed by atoms with Crippen molar-refractivity contribution >= 4 is 55.5 Å². The highest BCUT2D eigenvalue weighted by Crippen LogP contribution is 2.28. The third-order valence-electron chi connectivity index (χ3n) is 7.01. The number of hydrogen-bond acceptors (Lipinski definition) is 3. The lowest BCUT2D eigenvalue weighted by Gasteiger charge is -2.07. The van der Waals surface area contributed by atoms with Crippen LogP contribution < -0.4 is 5.43 Å². The van der Waals surface area contributed by atoms with Gasteiger partial charge in [-0.05, 0) is 51.4 Å². The van der Waals surface area contributed by atoms with E-state index in [2.05, 4.69) is 75.9 Å². The van der Waals surface area contributed by atoms with Gasteiger partial charge < -0.3 is 8.98 Å². The Hall–Kier alpha value is -5.16. The number of carbonyl (C=O) groups is 1. The average molecular weight is 494 g/mol. The van der Waals surface area contributed by atoms with Crippen LogP contribution in [-0.2, 0) is 6.54 Å². The molecule has 1 N–H and O–H groups in total. The Morgan fingerprint density at radius 3 is 2.39 bits per heavy atom. The molecule has 0 spiro atoms. The summed E-state index contributed by atoms with van der Waals surface area (Å²) < 4.78 is 8.04. The number of aromatic nitrogens is 1. The van der Waals surface area contributed by atoms with E-state index in [9.17, 15) is 4.79 Å². The third kappa shape index (κ3) is 3.91. The maximum atomic E-state index is 12.8. The van der Waals surface area contributed by atoms with E-state index < -0.39 is 0 Å². The fraction of sp³-hybridized carbons (Fsp3) is 0.0303. The molecule has 0 radical (unpaired) electrons. The SMILES string of the molecule is O=C(N/N=C\c1cn(Cc2ccc3ccccc3c2)c2ccccc12)c1cc2c(ccc3ccccc32)o1. The van der Waals surface area contributed by atoms with Crippen molar-refractivity contribution in [1.29, 1.82) is 0 Å². The Morgan fingerprint density at radius 2 is 1.50 bits per heavy atom. The molecule has 0 aliphatic heterocycles. The molecular weight excluding hydrogens is 470 g/mol. The molecule has 2 heterocycles. The number of carbonyl (C=O) groups excluding carboxylic acids is 1. The van der Waals surface area contributed by atoms with E-state index in [1.54, 1.807) is 12.3 Å². The van der Waals surface area contributed by atoms with Gasteiger partial charge in [-0.15, -0.1) is 0 Å². The normalized spacial score (nSPS) is 11.8. The van der Waals surface area contributed by atoms with E-state index >= 15 is 0 Å². The molecule has 7 aromatic rings. The minimum absolute atomic E-state index is 0.229. The largest absolute Gasteiger partial charge is 0.451 e. The number of hydrazone groups is 1. The van der Waals surface area contributed by atoms with Gasteiger partial charge in [0.15, 0.2) is 5.76 Å². The number of nitrogens with one attached hydrogen (secondary N) is 1. The van der Waals surface area contributed by atoms with Gasteiger partial charge in [-0.3, -0.25) is 4.79 Å². The molecule has 0 atom stereocenters. The topological polar surface area (TPSA) is 59.5 Å². The molecule has 0 saturated heterocycles. The molecule has 0 fully saturated rings. The highest BCUT2D eigenvalue weighted by Gasteiger charge is 2.14. The lowest BCUT2D eigenvalue weighted by atomic mass is 10.1. The van der Waals surface area contributed by atoms with Crippen LogP contribution in [0, 0.1) is 0 Å². The van der Waals surface area contributed by atoms with Crippen LogP contribution in [0.25, 0.3) is 43.4 Å². The molecule has 0 aliphatic rings. The van der Waals surface area contributed by atoms with Crippen molar-refractivity contribution in [2.45, 2.75) is 6.54 Å². The summed E-state index contributed by atoms with van der Waals surface area (Å²) in [5, 5.41) is 10.9. The van der Waals surface area contributed by atoms with Gasteiger partial charge in [-0.2, -0.15) is 5.10 Å². The fourth-order valence-electron chi connectivity index (χ4n) is 5.16. The summed E-state index contributed by atoms with van der Waals surface area (Å²) in [6.45, 7) is 0.735. The molecular formula is C33H23N3O2. The average Bonchev–Trinajstić information content (AvgIpc) is 3.55. The maximum Gasteiger partial charge on any atom is 0.307 e. The molecule has 0 bridgehead atoms. The molecule has 5 heteroatoms. The van der Waals surface area contributed by atoms with Crippen molar-refractivity contribution < 1.29 is 9.21 Å². The summed E-state index contributed by atoms with van der Waals surface area (Å²) >= 11 is 0. The van der Waals surface area contributed by atoms with E-state index in [0.29, 0.717) is 5.58 Å². The van der Waals surface area contributed by atoms with Crippen molar-refractivity contribution in [2.24, 2.45) is 5.10 Å². The zero-order valence-corrected chi connectivity index (χ0v) is 20.5. The van der Waals surface area contributed by atoms with E-state index in [4.69, 9.17) is 4.42 Å². The number of furan rings is 1. The summed E-state index contributed by atoms with van der Waals surface area (Å²) in [6.07, 6.45) is 3.76. The molecule has 182 valence electrons. The number of hydrogen-bond donors (Lipinski definition) is 1. The van der Waals surface area contributed by atoms with Crippen LogP contribution in [0.4, 0.5) is 0 Å². The van der Waals surface area contributed by atoms with E-state index in [-0.39, 0.29) is 11.7 Å². The second kappa shape index (κ2) is 9.05. The number of fused-ring (bicyclic) bond motifs is 5. The van der Waals surface area contributed by atoms with Gasteiger partial charge in [0.2, 0.25) is 0 Å². The highest BCUT2D eigenvalue weighted by molar-refractivity contribution is 6.08. The quantitative estimate of drug-likeness (QED) is 0.199. The molecule has 7 rings (SSSR count). The molecule has 5 nitrogen and oxygen atoms in total. The molecule has 5 aromatic carbocycles. The van der Waals surface area contributed by atoms with Crippen molar-refractivity contribution in [2.75, 3.05) is 0 Å². The summed E-state index contributed by atoms with van der Waals surface area (Å²) in [7, 11) is 0. The predicted octanol–water partition coefficient (Wildman–Crippen LogP) is 7.51. The van der Waals surface area contributed by atoms with Crippen LogP contribution >= 0.6 is 0 Å². The van der Waals surface area contributed by atoms with E-state index in [0.717, 1.165) is 39.2 Å². The second-order valence-electron chi connectivity index (χ2n) is 9.42. The first-order valence-electron chi connectivity index (χ1n) is 12.5. The zero-order chi connectivity index (χ0) is 25.5. The van der Waals surface area contributed by atoms with Crippen molar-refractivity contribution in [3.05, 3.63) is 132 Å². The Bertz CT molecular complexity index is 2010. The zero-order valence-electron chi connectivity index (χ0n) is 20.5. The monoisotopic (exact) mass is 493 g/mol. The third-order valence-corrected chi connectivity index (χ3v) is 7.01. The predicted molar refractivity (Wildman–Crippen MR) is 154 cm³/mol. The van der Waals surface area contributed by atoms with Gasteiger partial charge in [0, 0.05) is 34.6 Å². The molecule has 38 heavy (non-hydrogen) atoms. The van der Waals surface area contributed by atoms with Crippen LogP contribution in [0.15, 0.2) is 125 Å². The minimum atomic E-state index is -0.388. The van der Waals surface area contributed by atoms with Crippen LogP contribution in [0.3, 0.4) is 0 Å². The van der Waals surface area contributed by atoms with Gasteiger partial charge in [0.05, 0.1) is 6.21 Å². The molecule has 0 unspecified atom stereocenters. The van der Waals surface area contributed by atoms with Crippen LogP contribution in [0.2, 0.25) is 0 Å². The van der Waals surface area contributed by atoms with Gasteiger partial charge >= 0.3 is 5.91 Å².